The number of guanidine groups is 1. The van der Waals surface area contributed by atoms with Crippen LogP contribution in [0.3, 0.4) is 0 Å². The van der Waals surface area contributed by atoms with Gasteiger partial charge in [0.05, 0.1) is 13.7 Å². The van der Waals surface area contributed by atoms with Gasteiger partial charge in [0.1, 0.15) is 5.75 Å². The Morgan fingerprint density at radius 1 is 1.32 bits per heavy atom. The molecule has 2 aliphatic rings. The highest BCUT2D eigenvalue weighted by Gasteiger charge is 2.17. The van der Waals surface area contributed by atoms with Crippen LogP contribution in [0.5, 0.6) is 5.75 Å². The molecule has 22 heavy (non-hydrogen) atoms. The minimum Gasteiger partial charge on any atom is -0.497 e. The number of aliphatic imine (C=N–C) groups is 2. The molecule has 0 spiro atoms. The molecule has 3 rings (SSSR count). The van der Waals surface area contributed by atoms with E-state index in [0.717, 1.165) is 48.0 Å². The molecule has 0 amide bonds. The molecule has 7 heteroatoms. The van der Waals surface area contributed by atoms with E-state index < -0.39 is 0 Å². The van der Waals surface area contributed by atoms with Gasteiger partial charge < -0.3 is 15.4 Å². The zero-order valence-electron chi connectivity index (χ0n) is 12.5. The Kier molecular flexibility index (Phi) is 5.50. The number of hydrogen-bond acceptors (Lipinski definition) is 5. The van der Waals surface area contributed by atoms with Crippen LogP contribution in [0.1, 0.15) is 5.56 Å². The standard InChI is InChI=1S/C15H20N4OS2/c1-20-12-4-2-11(3-5-12)10-22-13-8-17-14(18-9-13)19-15-16-6-7-21-15/h2-5,13H,6-10H2,1H3,(H2,16,17,18,19). The van der Waals surface area contributed by atoms with E-state index in [1.165, 1.54) is 5.56 Å². The fourth-order valence-corrected chi connectivity index (χ4v) is 3.90. The van der Waals surface area contributed by atoms with Crippen LogP contribution in [-0.2, 0) is 5.75 Å². The Labute approximate surface area is 139 Å². The molecule has 1 fully saturated rings. The second kappa shape index (κ2) is 7.78. The second-order valence-corrected chi connectivity index (χ2v) is 7.37. The van der Waals surface area contributed by atoms with Gasteiger partial charge in [-0.05, 0) is 17.7 Å². The normalized spacial score (nSPS) is 20.9. The van der Waals surface area contributed by atoms with Crippen LogP contribution >= 0.6 is 23.5 Å². The van der Waals surface area contributed by atoms with Crippen molar-refractivity contribution >= 4 is 34.7 Å². The molecule has 1 saturated heterocycles. The summed E-state index contributed by atoms with van der Waals surface area (Å²) < 4.78 is 5.18. The van der Waals surface area contributed by atoms with Crippen molar-refractivity contribution in [1.82, 2.24) is 10.6 Å². The van der Waals surface area contributed by atoms with Gasteiger partial charge in [0.25, 0.3) is 0 Å². The molecule has 2 heterocycles. The number of nitrogens with one attached hydrogen (secondary N) is 2. The summed E-state index contributed by atoms with van der Waals surface area (Å²) in [6.45, 7) is 2.76. The predicted octanol–water partition coefficient (Wildman–Crippen LogP) is 1.95. The Balaban J connectivity index is 1.43. The summed E-state index contributed by atoms with van der Waals surface area (Å²) >= 11 is 3.67. The van der Waals surface area contributed by atoms with Gasteiger partial charge in [-0.15, -0.1) is 0 Å². The van der Waals surface area contributed by atoms with E-state index in [1.807, 2.05) is 23.9 Å². The van der Waals surface area contributed by atoms with E-state index in [4.69, 9.17) is 4.74 Å². The summed E-state index contributed by atoms with van der Waals surface area (Å²) in [5.74, 6) is 3.82. The molecule has 0 bridgehead atoms. The van der Waals surface area contributed by atoms with Crippen LogP contribution in [0.2, 0.25) is 0 Å². The summed E-state index contributed by atoms with van der Waals surface area (Å²) in [6.07, 6.45) is 0. The fraction of sp³-hybridized carbons (Fsp3) is 0.467. The molecule has 0 aliphatic carbocycles. The smallest absolute Gasteiger partial charge is 0.198 e. The highest BCUT2D eigenvalue weighted by Crippen LogP contribution is 2.20. The molecule has 0 radical (unpaired) electrons. The van der Waals surface area contributed by atoms with Gasteiger partial charge in [-0.3, -0.25) is 4.99 Å². The number of amidine groups is 1. The highest BCUT2D eigenvalue weighted by atomic mass is 32.2. The Hall–Kier alpha value is -1.34. The average Bonchev–Trinajstić information content (AvgIpc) is 3.08. The lowest BCUT2D eigenvalue weighted by Gasteiger charge is -2.25. The lowest BCUT2D eigenvalue weighted by Crippen LogP contribution is -2.51. The maximum absolute atomic E-state index is 5.18. The molecule has 0 aromatic heterocycles. The lowest BCUT2D eigenvalue weighted by atomic mass is 10.2. The van der Waals surface area contributed by atoms with E-state index in [-0.39, 0.29) is 0 Å². The largest absolute Gasteiger partial charge is 0.497 e. The molecular weight excluding hydrogens is 316 g/mol. The molecule has 2 aliphatic heterocycles. The summed E-state index contributed by atoms with van der Waals surface area (Å²) in [7, 11) is 1.69. The van der Waals surface area contributed by atoms with Crippen molar-refractivity contribution in [2.75, 3.05) is 32.5 Å². The first-order valence-electron chi connectivity index (χ1n) is 7.32. The van der Waals surface area contributed by atoms with Gasteiger partial charge >= 0.3 is 0 Å². The molecule has 1 aromatic carbocycles. The topological polar surface area (TPSA) is 58.0 Å². The lowest BCUT2D eigenvalue weighted by molar-refractivity contribution is 0.414. The van der Waals surface area contributed by atoms with Gasteiger partial charge in [-0.2, -0.15) is 16.8 Å². The number of methoxy groups -OCH3 is 1. The van der Waals surface area contributed by atoms with Gasteiger partial charge in [0.15, 0.2) is 11.1 Å². The van der Waals surface area contributed by atoms with Gasteiger partial charge in [-0.25, -0.2) is 0 Å². The van der Waals surface area contributed by atoms with Gasteiger partial charge in [0.2, 0.25) is 0 Å². The monoisotopic (exact) mass is 336 g/mol. The Morgan fingerprint density at radius 3 is 2.73 bits per heavy atom. The third-order valence-electron chi connectivity index (χ3n) is 3.42. The number of rotatable bonds is 4. The average molecular weight is 336 g/mol. The second-order valence-electron chi connectivity index (χ2n) is 5.02. The number of hydrogen-bond donors (Lipinski definition) is 2. The minimum absolute atomic E-state index is 0.541. The van der Waals surface area contributed by atoms with Gasteiger partial charge in [-0.1, -0.05) is 23.9 Å². The van der Waals surface area contributed by atoms with E-state index in [2.05, 4.69) is 32.8 Å². The minimum atomic E-state index is 0.541. The highest BCUT2D eigenvalue weighted by molar-refractivity contribution is 8.14. The summed E-state index contributed by atoms with van der Waals surface area (Å²) in [5, 5.41) is 8.14. The van der Waals surface area contributed by atoms with E-state index >= 15 is 0 Å². The van der Waals surface area contributed by atoms with Crippen LogP contribution in [0.15, 0.2) is 34.3 Å². The first-order valence-corrected chi connectivity index (χ1v) is 9.35. The number of benzene rings is 1. The SMILES string of the molecule is COc1ccc(CSC2CNC(=NC3=NCCS3)NC2)cc1. The molecule has 118 valence electrons. The predicted molar refractivity (Wildman–Crippen MR) is 96.3 cm³/mol. The molecule has 0 unspecified atom stereocenters. The molecule has 2 N–H and O–H groups in total. The third-order valence-corrected chi connectivity index (χ3v) is 5.59. The van der Waals surface area contributed by atoms with Crippen LogP contribution in [0.25, 0.3) is 0 Å². The van der Waals surface area contributed by atoms with Crippen LogP contribution in [0, 0.1) is 0 Å². The van der Waals surface area contributed by atoms with Gasteiger partial charge in [0, 0.05) is 29.8 Å². The van der Waals surface area contributed by atoms with Crippen molar-refractivity contribution in [2.24, 2.45) is 9.98 Å². The number of ether oxygens (including phenoxy) is 1. The van der Waals surface area contributed by atoms with E-state index in [1.54, 1.807) is 18.9 Å². The number of thioether (sulfide) groups is 2. The summed E-state index contributed by atoms with van der Waals surface area (Å²) in [6, 6.07) is 8.27. The van der Waals surface area contributed by atoms with E-state index in [0.29, 0.717) is 5.25 Å². The Bertz CT molecular complexity index is 549. The molecule has 5 nitrogen and oxygen atoms in total. The maximum Gasteiger partial charge on any atom is 0.198 e. The maximum atomic E-state index is 5.18. The first kappa shape index (κ1) is 15.6. The van der Waals surface area contributed by atoms with Crippen LogP contribution < -0.4 is 15.4 Å². The van der Waals surface area contributed by atoms with Crippen LogP contribution in [0.4, 0.5) is 0 Å². The zero-order valence-corrected chi connectivity index (χ0v) is 14.2. The molecule has 1 aromatic rings. The van der Waals surface area contributed by atoms with E-state index in [9.17, 15) is 0 Å². The molecule has 0 atom stereocenters. The first-order chi connectivity index (χ1) is 10.8. The van der Waals surface area contributed by atoms with Crippen molar-refractivity contribution in [1.29, 1.82) is 0 Å². The molecular formula is C15H20N4OS2. The molecule has 0 saturated carbocycles. The van der Waals surface area contributed by atoms with Crippen molar-refractivity contribution in [3.8, 4) is 5.75 Å². The van der Waals surface area contributed by atoms with Crippen LogP contribution in [-0.4, -0.2) is 48.9 Å². The summed E-state index contributed by atoms with van der Waals surface area (Å²) in [4.78, 5) is 8.83. The van der Waals surface area contributed by atoms with Crippen molar-refractivity contribution in [2.45, 2.75) is 11.0 Å². The van der Waals surface area contributed by atoms with Crippen molar-refractivity contribution < 1.29 is 4.74 Å². The third kappa shape index (κ3) is 4.33. The Morgan fingerprint density at radius 2 is 2.09 bits per heavy atom. The zero-order chi connectivity index (χ0) is 15.2. The number of nitrogens with zero attached hydrogens (tertiary/aromatic N) is 2. The van der Waals surface area contributed by atoms with Crippen molar-refractivity contribution in [3.63, 3.8) is 0 Å². The fourth-order valence-electron chi connectivity index (χ4n) is 2.18. The summed E-state index contributed by atoms with van der Waals surface area (Å²) in [5.41, 5.74) is 1.32. The van der Waals surface area contributed by atoms with Crippen molar-refractivity contribution in [3.05, 3.63) is 29.8 Å². The quantitative estimate of drug-likeness (QED) is 0.880.